The van der Waals surface area contributed by atoms with Gasteiger partial charge < -0.3 is 10.7 Å². The maximum absolute atomic E-state index is 10.3. The Balaban J connectivity index is 2.13. The monoisotopic (exact) mass is 228 g/mol. The molecule has 17 heavy (non-hydrogen) atoms. The summed E-state index contributed by atoms with van der Waals surface area (Å²) in [5.41, 5.74) is 2.59. The van der Waals surface area contributed by atoms with E-state index in [-0.39, 0.29) is 0 Å². The van der Waals surface area contributed by atoms with E-state index in [0.717, 1.165) is 11.1 Å². The van der Waals surface area contributed by atoms with Crippen LogP contribution in [-0.4, -0.2) is 22.4 Å². The van der Waals surface area contributed by atoms with Gasteiger partial charge in [0.15, 0.2) is 0 Å². The fraction of sp³-hybridized carbons (Fsp3) is 0.0833. The van der Waals surface area contributed by atoms with E-state index in [9.17, 15) is 4.79 Å². The van der Waals surface area contributed by atoms with Gasteiger partial charge in [-0.3, -0.25) is 9.48 Å². The molecule has 0 aliphatic carbocycles. The number of aromatic nitrogens is 2. The van der Waals surface area contributed by atoms with Crippen molar-refractivity contribution in [1.82, 2.24) is 9.78 Å². The van der Waals surface area contributed by atoms with Crippen molar-refractivity contribution in [2.24, 2.45) is 0 Å². The van der Waals surface area contributed by atoms with Crippen LogP contribution in [0.15, 0.2) is 36.7 Å². The molecule has 2 rings (SSSR count). The number of anilines is 1. The lowest BCUT2D eigenvalue weighted by molar-refractivity contribution is -0.105. The van der Waals surface area contributed by atoms with Crippen molar-refractivity contribution in [2.75, 3.05) is 5.32 Å². The van der Waals surface area contributed by atoms with E-state index in [0.29, 0.717) is 18.6 Å². The molecule has 1 heterocycles. The Hall–Kier alpha value is -2.43. The molecule has 0 saturated carbocycles. The number of hydrogen-bond donors (Lipinski definition) is 2. The summed E-state index contributed by atoms with van der Waals surface area (Å²) >= 11 is 0. The maximum Gasteiger partial charge on any atom is 0.211 e. The molecule has 0 fully saturated rings. The molecule has 1 amide bonds. The zero-order chi connectivity index (χ0) is 12.1. The summed E-state index contributed by atoms with van der Waals surface area (Å²) in [6.45, 7) is 0.613. The van der Waals surface area contributed by atoms with Crippen LogP contribution in [0.3, 0.4) is 0 Å². The molecular weight excluding hydrogens is 216 g/mol. The van der Waals surface area contributed by atoms with Crippen molar-refractivity contribution in [1.29, 1.82) is 5.41 Å². The van der Waals surface area contributed by atoms with Crippen molar-refractivity contribution >= 4 is 18.3 Å². The Morgan fingerprint density at radius 2 is 2.35 bits per heavy atom. The lowest BCUT2D eigenvalue weighted by Gasteiger charge is -2.02. The second-order valence-corrected chi connectivity index (χ2v) is 3.58. The molecule has 0 spiro atoms. The standard InChI is InChI=1S/C12H12N4O/c13-5-10-2-1-3-11(4-10)7-16-8-12(6-15-16)14-9-17/h1-6,8-9,13H,7H2,(H,14,17). The summed E-state index contributed by atoms with van der Waals surface area (Å²) in [6.07, 6.45) is 5.28. The SMILES string of the molecule is N=Cc1cccc(Cn2cc(NC=O)cn2)c1. The Morgan fingerprint density at radius 3 is 3.12 bits per heavy atom. The van der Waals surface area contributed by atoms with E-state index in [1.165, 1.54) is 6.21 Å². The number of hydrogen-bond acceptors (Lipinski definition) is 3. The molecule has 1 aromatic carbocycles. The Morgan fingerprint density at radius 1 is 1.47 bits per heavy atom. The van der Waals surface area contributed by atoms with E-state index >= 15 is 0 Å². The van der Waals surface area contributed by atoms with Gasteiger partial charge in [0.2, 0.25) is 6.41 Å². The third-order valence-corrected chi connectivity index (χ3v) is 2.32. The summed E-state index contributed by atoms with van der Waals surface area (Å²) in [5.74, 6) is 0. The van der Waals surface area contributed by atoms with Gasteiger partial charge in [0.1, 0.15) is 0 Å². The fourth-order valence-electron chi connectivity index (χ4n) is 1.56. The predicted molar refractivity (Wildman–Crippen MR) is 65.3 cm³/mol. The molecule has 2 N–H and O–H groups in total. The van der Waals surface area contributed by atoms with Gasteiger partial charge in [0.05, 0.1) is 18.4 Å². The minimum absolute atomic E-state index is 0.613. The summed E-state index contributed by atoms with van der Waals surface area (Å²) in [6, 6.07) is 7.69. The number of benzene rings is 1. The first-order valence-electron chi connectivity index (χ1n) is 5.14. The molecule has 0 radical (unpaired) electrons. The quantitative estimate of drug-likeness (QED) is 0.601. The highest BCUT2D eigenvalue weighted by molar-refractivity contribution is 5.77. The number of amides is 1. The second kappa shape index (κ2) is 5.07. The maximum atomic E-state index is 10.3. The van der Waals surface area contributed by atoms with E-state index in [4.69, 9.17) is 5.41 Å². The molecule has 5 nitrogen and oxygen atoms in total. The summed E-state index contributed by atoms with van der Waals surface area (Å²) in [7, 11) is 0. The summed E-state index contributed by atoms with van der Waals surface area (Å²) in [4.78, 5) is 10.3. The van der Waals surface area contributed by atoms with Crippen LogP contribution in [0.2, 0.25) is 0 Å². The van der Waals surface area contributed by atoms with Crippen LogP contribution in [0.1, 0.15) is 11.1 Å². The van der Waals surface area contributed by atoms with Gasteiger partial charge in [-0.1, -0.05) is 18.2 Å². The van der Waals surface area contributed by atoms with Crippen LogP contribution in [0.25, 0.3) is 0 Å². The highest BCUT2D eigenvalue weighted by Gasteiger charge is 1.99. The molecule has 0 saturated heterocycles. The number of nitrogens with one attached hydrogen (secondary N) is 2. The van der Waals surface area contributed by atoms with Gasteiger partial charge in [-0.25, -0.2) is 0 Å². The number of nitrogens with zero attached hydrogens (tertiary/aromatic N) is 2. The molecule has 0 aliphatic heterocycles. The zero-order valence-corrected chi connectivity index (χ0v) is 9.13. The Labute approximate surface area is 98.6 Å². The highest BCUT2D eigenvalue weighted by Crippen LogP contribution is 2.08. The lowest BCUT2D eigenvalue weighted by Crippen LogP contribution is -2.00. The predicted octanol–water partition coefficient (Wildman–Crippen LogP) is 1.50. The first-order valence-corrected chi connectivity index (χ1v) is 5.14. The first-order chi connectivity index (χ1) is 8.31. The van der Waals surface area contributed by atoms with Gasteiger partial charge in [-0.2, -0.15) is 5.10 Å². The topological polar surface area (TPSA) is 70.8 Å². The normalized spacial score (nSPS) is 9.88. The van der Waals surface area contributed by atoms with Gasteiger partial charge in [0.25, 0.3) is 0 Å². The minimum Gasteiger partial charge on any atom is -0.326 e. The van der Waals surface area contributed by atoms with Crippen molar-refractivity contribution < 1.29 is 4.79 Å². The van der Waals surface area contributed by atoms with Crippen LogP contribution in [0.5, 0.6) is 0 Å². The molecule has 0 aliphatic rings. The van der Waals surface area contributed by atoms with E-state index in [1.54, 1.807) is 17.1 Å². The van der Waals surface area contributed by atoms with Crippen LogP contribution in [-0.2, 0) is 11.3 Å². The zero-order valence-electron chi connectivity index (χ0n) is 9.13. The van der Waals surface area contributed by atoms with Crippen LogP contribution in [0, 0.1) is 5.41 Å². The van der Waals surface area contributed by atoms with Crippen molar-refractivity contribution in [3.8, 4) is 0 Å². The fourth-order valence-corrected chi connectivity index (χ4v) is 1.56. The van der Waals surface area contributed by atoms with Crippen molar-refractivity contribution in [3.05, 3.63) is 47.8 Å². The van der Waals surface area contributed by atoms with E-state index in [2.05, 4.69) is 10.4 Å². The Kier molecular flexibility index (Phi) is 3.30. The smallest absolute Gasteiger partial charge is 0.211 e. The lowest BCUT2D eigenvalue weighted by atomic mass is 10.1. The van der Waals surface area contributed by atoms with Gasteiger partial charge in [-0.05, 0) is 17.2 Å². The molecular formula is C12H12N4O. The third-order valence-electron chi connectivity index (χ3n) is 2.32. The van der Waals surface area contributed by atoms with Crippen LogP contribution < -0.4 is 5.32 Å². The second-order valence-electron chi connectivity index (χ2n) is 3.58. The average molecular weight is 228 g/mol. The van der Waals surface area contributed by atoms with Crippen LogP contribution >= 0.6 is 0 Å². The molecule has 5 heteroatoms. The van der Waals surface area contributed by atoms with Gasteiger partial charge >= 0.3 is 0 Å². The Bertz CT molecular complexity index is 533. The van der Waals surface area contributed by atoms with E-state index < -0.39 is 0 Å². The average Bonchev–Trinajstić information content (AvgIpc) is 2.77. The molecule has 1 aromatic heterocycles. The number of carbonyl (C=O) groups is 1. The molecule has 0 bridgehead atoms. The minimum atomic E-state index is 0.613. The van der Waals surface area contributed by atoms with Crippen molar-refractivity contribution in [2.45, 2.75) is 6.54 Å². The molecule has 0 unspecified atom stereocenters. The highest BCUT2D eigenvalue weighted by atomic mass is 16.1. The number of rotatable bonds is 5. The summed E-state index contributed by atoms with van der Waals surface area (Å²) < 4.78 is 1.73. The first kappa shape index (κ1) is 11.1. The molecule has 2 aromatic rings. The van der Waals surface area contributed by atoms with E-state index in [1.807, 2.05) is 24.3 Å². The number of carbonyl (C=O) groups excluding carboxylic acids is 1. The van der Waals surface area contributed by atoms with Crippen molar-refractivity contribution in [3.63, 3.8) is 0 Å². The van der Waals surface area contributed by atoms with Crippen LogP contribution in [0.4, 0.5) is 5.69 Å². The summed E-state index contributed by atoms with van der Waals surface area (Å²) in [5, 5.41) is 13.8. The molecule has 86 valence electrons. The third kappa shape index (κ3) is 2.78. The van der Waals surface area contributed by atoms with Gasteiger partial charge in [-0.15, -0.1) is 0 Å². The molecule has 0 atom stereocenters. The largest absolute Gasteiger partial charge is 0.326 e. The van der Waals surface area contributed by atoms with Gasteiger partial charge in [0, 0.05) is 12.4 Å².